The summed E-state index contributed by atoms with van der Waals surface area (Å²) in [5.41, 5.74) is 6.57. The van der Waals surface area contributed by atoms with Crippen LogP contribution >= 0.6 is 11.6 Å². The minimum atomic E-state index is -0.500. The molecule has 0 saturated carbocycles. The number of halogens is 1. The molecule has 2 rings (SSSR count). The summed E-state index contributed by atoms with van der Waals surface area (Å²) in [6, 6.07) is 15.0. The van der Waals surface area contributed by atoms with E-state index in [1.807, 2.05) is 37.3 Å². The predicted molar refractivity (Wildman–Crippen MR) is 118 cm³/mol. The van der Waals surface area contributed by atoms with Gasteiger partial charge < -0.3 is 9.47 Å². The van der Waals surface area contributed by atoms with Crippen molar-refractivity contribution in [3.05, 3.63) is 64.7 Å². The van der Waals surface area contributed by atoms with Gasteiger partial charge in [-0.05, 0) is 55.5 Å². The van der Waals surface area contributed by atoms with Gasteiger partial charge in [-0.1, -0.05) is 41.9 Å². The Morgan fingerprint density at radius 1 is 0.935 bits per heavy atom. The highest BCUT2D eigenvalue weighted by atomic mass is 35.5. The highest BCUT2D eigenvalue weighted by Gasteiger charge is 2.09. The molecular formula is C23H27ClN2O5. The fourth-order valence-electron chi connectivity index (χ4n) is 2.73. The minimum Gasteiger partial charge on any atom is -0.483 e. The van der Waals surface area contributed by atoms with Crippen LogP contribution in [-0.2, 0) is 25.5 Å². The molecule has 0 heterocycles. The third-order valence-electron chi connectivity index (χ3n) is 4.34. The van der Waals surface area contributed by atoms with E-state index in [0.29, 0.717) is 23.8 Å². The number of carbonyl (C=O) groups is 3. The van der Waals surface area contributed by atoms with Gasteiger partial charge in [-0.15, -0.1) is 0 Å². The van der Waals surface area contributed by atoms with Crippen molar-refractivity contribution in [1.29, 1.82) is 0 Å². The summed E-state index contributed by atoms with van der Waals surface area (Å²) in [4.78, 5) is 35.3. The Morgan fingerprint density at radius 2 is 1.68 bits per heavy atom. The molecule has 0 fully saturated rings. The number of amides is 2. The second kappa shape index (κ2) is 13.3. The van der Waals surface area contributed by atoms with E-state index in [1.54, 1.807) is 18.2 Å². The number of nitrogens with one attached hydrogen (secondary N) is 2. The highest BCUT2D eigenvalue weighted by molar-refractivity contribution is 6.30. The largest absolute Gasteiger partial charge is 0.483 e. The van der Waals surface area contributed by atoms with Gasteiger partial charge in [0.25, 0.3) is 5.91 Å². The van der Waals surface area contributed by atoms with Crippen molar-refractivity contribution >= 4 is 29.4 Å². The summed E-state index contributed by atoms with van der Waals surface area (Å²) in [7, 11) is 0. The third-order valence-corrected chi connectivity index (χ3v) is 4.57. The fraction of sp³-hybridized carbons (Fsp3) is 0.348. The van der Waals surface area contributed by atoms with Crippen LogP contribution in [-0.4, -0.2) is 31.0 Å². The Balaban J connectivity index is 1.51. The molecule has 0 aromatic heterocycles. The Kier molecular flexibility index (Phi) is 10.4. The lowest BCUT2D eigenvalue weighted by Gasteiger charge is -2.10. The number of carbonyl (C=O) groups excluding carboxylic acids is 3. The number of esters is 1. The number of aryl methyl sites for hydroxylation is 2. The summed E-state index contributed by atoms with van der Waals surface area (Å²) in [6.45, 7) is 1.91. The van der Waals surface area contributed by atoms with E-state index < -0.39 is 11.8 Å². The zero-order chi connectivity index (χ0) is 22.5. The zero-order valence-corrected chi connectivity index (χ0v) is 18.2. The van der Waals surface area contributed by atoms with Crippen LogP contribution in [0, 0.1) is 6.92 Å². The first kappa shape index (κ1) is 24.2. The van der Waals surface area contributed by atoms with Gasteiger partial charge in [0.1, 0.15) is 5.75 Å². The summed E-state index contributed by atoms with van der Waals surface area (Å²) < 4.78 is 10.6. The maximum atomic E-state index is 11.8. The standard InChI is InChI=1S/C23H27ClN2O5/c1-17-15-19(24)12-13-20(17)31-16-22(28)26-25-21(27)10-5-11-23(29)30-14-6-9-18-7-3-2-4-8-18/h2-4,7-8,12-13,15H,5-6,9-11,14,16H2,1H3,(H,25,27)(H,26,28). The van der Waals surface area contributed by atoms with Crippen molar-refractivity contribution in [2.24, 2.45) is 0 Å². The second-order valence-electron chi connectivity index (χ2n) is 6.96. The van der Waals surface area contributed by atoms with Gasteiger partial charge in [0.2, 0.25) is 5.91 Å². The number of ether oxygens (including phenoxy) is 2. The number of hydrogen-bond acceptors (Lipinski definition) is 5. The Morgan fingerprint density at radius 3 is 2.42 bits per heavy atom. The molecule has 0 aliphatic heterocycles. The van der Waals surface area contributed by atoms with Crippen LogP contribution in [0.5, 0.6) is 5.75 Å². The number of hydrazine groups is 1. The smallest absolute Gasteiger partial charge is 0.305 e. The van der Waals surface area contributed by atoms with Gasteiger partial charge in [0.15, 0.2) is 6.61 Å². The molecule has 0 atom stereocenters. The van der Waals surface area contributed by atoms with Crippen LogP contribution in [0.25, 0.3) is 0 Å². The van der Waals surface area contributed by atoms with E-state index in [9.17, 15) is 14.4 Å². The van der Waals surface area contributed by atoms with Gasteiger partial charge >= 0.3 is 5.97 Å². The molecule has 0 radical (unpaired) electrons. The first-order valence-corrected chi connectivity index (χ1v) is 10.5. The van der Waals surface area contributed by atoms with Gasteiger partial charge in [-0.2, -0.15) is 0 Å². The molecule has 0 unspecified atom stereocenters. The van der Waals surface area contributed by atoms with E-state index in [0.717, 1.165) is 18.4 Å². The lowest BCUT2D eigenvalue weighted by atomic mass is 10.1. The summed E-state index contributed by atoms with van der Waals surface area (Å²) in [6.07, 6.45) is 2.17. The van der Waals surface area contributed by atoms with Crippen LogP contribution in [0.2, 0.25) is 5.02 Å². The molecular weight excluding hydrogens is 420 g/mol. The van der Waals surface area contributed by atoms with E-state index >= 15 is 0 Å². The van der Waals surface area contributed by atoms with Crippen LogP contribution < -0.4 is 15.6 Å². The third kappa shape index (κ3) is 10.00. The summed E-state index contributed by atoms with van der Waals surface area (Å²) in [5.74, 6) is -0.696. The Hall–Kier alpha value is -3.06. The first-order chi connectivity index (χ1) is 14.9. The molecule has 0 saturated heterocycles. The molecule has 2 amide bonds. The topological polar surface area (TPSA) is 93.7 Å². The lowest BCUT2D eigenvalue weighted by molar-refractivity contribution is -0.144. The zero-order valence-electron chi connectivity index (χ0n) is 17.5. The molecule has 0 bridgehead atoms. The molecule has 0 aliphatic rings. The van der Waals surface area contributed by atoms with Crippen LogP contribution in [0.4, 0.5) is 0 Å². The van der Waals surface area contributed by atoms with E-state index in [4.69, 9.17) is 21.1 Å². The van der Waals surface area contributed by atoms with Gasteiger partial charge in [0, 0.05) is 17.9 Å². The average Bonchev–Trinajstić information content (AvgIpc) is 2.75. The average molecular weight is 447 g/mol. The Bertz CT molecular complexity index is 874. The molecule has 166 valence electrons. The maximum Gasteiger partial charge on any atom is 0.305 e. The first-order valence-electron chi connectivity index (χ1n) is 10.1. The molecule has 7 nitrogen and oxygen atoms in total. The molecule has 2 N–H and O–H groups in total. The van der Waals surface area contributed by atoms with Crippen molar-refractivity contribution in [3.63, 3.8) is 0 Å². The second-order valence-corrected chi connectivity index (χ2v) is 7.39. The van der Waals surface area contributed by atoms with Crippen molar-refractivity contribution in [2.45, 2.75) is 39.0 Å². The SMILES string of the molecule is Cc1cc(Cl)ccc1OCC(=O)NNC(=O)CCCC(=O)OCCCc1ccccc1. The minimum absolute atomic E-state index is 0.0938. The Labute approximate surface area is 187 Å². The number of rotatable bonds is 11. The van der Waals surface area contributed by atoms with Crippen molar-refractivity contribution in [1.82, 2.24) is 10.9 Å². The van der Waals surface area contributed by atoms with Gasteiger partial charge in [0.05, 0.1) is 6.61 Å². The quantitative estimate of drug-likeness (QED) is 0.313. The van der Waals surface area contributed by atoms with Crippen LogP contribution in [0.1, 0.15) is 36.8 Å². The van der Waals surface area contributed by atoms with Crippen molar-refractivity contribution in [3.8, 4) is 5.75 Å². The molecule has 0 spiro atoms. The number of benzene rings is 2. The molecule has 2 aromatic carbocycles. The van der Waals surface area contributed by atoms with E-state index in [2.05, 4.69) is 10.9 Å². The molecule has 0 aliphatic carbocycles. The molecule has 2 aromatic rings. The van der Waals surface area contributed by atoms with Crippen LogP contribution in [0.3, 0.4) is 0 Å². The maximum absolute atomic E-state index is 11.8. The molecule has 8 heteroatoms. The van der Waals surface area contributed by atoms with E-state index in [-0.39, 0.29) is 25.4 Å². The monoisotopic (exact) mass is 446 g/mol. The highest BCUT2D eigenvalue weighted by Crippen LogP contribution is 2.21. The van der Waals surface area contributed by atoms with Crippen molar-refractivity contribution < 1.29 is 23.9 Å². The predicted octanol–water partition coefficient (Wildman–Crippen LogP) is 3.52. The van der Waals surface area contributed by atoms with Gasteiger partial charge in [-0.25, -0.2) is 0 Å². The number of hydrogen-bond donors (Lipinski definition) is 2. The fourth-order valence-corrected chi connectivity index (χ4v) is 2.96. The van der Waals surface area contributed by atoms with Gasteiger partial charge in [-0.3, -0.25) is 25.2 Å². The van der Waals surface area contributed by atoms with Crippen molar-refractivity contribution in [2.75, 3.05) is 13.2 Å². The molecule has 31 heavy (non-hydrogen) atoms. The van der Waals surface area contributed by atoms with Crippen LogP contribution in [0.15, 0.2) is 48.5 Å². The van der Waals surface area contributed by atoms with E-state index in [1.165, 1.54) is 5.56 Å². The summed E-state index contributed by atoms with van der Waals surface area (Å²) >= 11 is 5.87. The lowest BCUT2D eigenvalue weighted by Crippen LogP contribution is -2.43. The summed E-state index contributed by atoms with van der Waals surface area (Å²) in [5, 5.41) is 0.581. The normalized spacial score (nSPS) is 10.3.